The lowest BCUT2D eigenvalue weighted by atomic mass is 10.4. The van der Waals surface area contributed by atoms with Crippen LogP contribution in [0.2, 0.25) is 0 Å². The molecule has 0 bridgehead atoms. The van der Waals surface area contributed by atoms with Gasteiger partial charge in [0.2, 0.25) is 0 Å². The van der Waals surface area contributed by atoms with Crippen molar-refractivity contribution in [1.82, 2.24) is 4.98 Å². The molecule has 40 valence electrons. The van der Waals surface area contributed by atoms with Crippen LogP contribution in [0.1, 0.15) is 4.88 Å². The fourth-order valence-electron chi connectivity index (χ4n) is 0.407. The van der Waals surface area contributed by atoms with E-state index in [2.05, 4.69) is 4.98 Å². The van der Waals surface area contributed by atoms with Gasteiger partial charge in [0.1, 0.15) is 0 Å². The largest absolute Gasteiger partial charge is 0.253 e. The molecule has 0 atom stereocenters. The van der Waals surface area contributed by atoms with Crippen LogP contribution < -0.4 is 0 Å². The molecule has 0 N–H and O–H groups in total. The first-order valence-corrected chi connectivity index (χ1v) is 3.06. The van der Waals surface area contributed by atoms with Crippen LogP contribution in [-0.4, -0.2) is 4.98 Å². The number of hydrogen-bond acceptors (Lipinski definition) is 3. The van der Waals surface area contributed by atoms with Crippen LogP contribution in [0.3, 0.4) is 0 Å². The molecule has 1 aromatic rings. The van der Waals surface area contributed by atoms with Gasteiger partial charge in [-0.05, 0) is 0 Å². The van der Waals surface area contributed by atoms with Crippen LogP contribution >= 0.6 is 11.3 Å². The molecule has 0 saturated carbocycles. The molecule has 0 aromatic carbocycles. The Bertz CT molecular complexity index is 185. The third kappa shape index (κ3) is 1.04. The molecule has 2 nitrogen and oxygen atoms in total. The molecule has 1 heterocycles. The van der Waals surface area contributed by atoms with Crippen molar-refractivity contribution >= 4 is 11.3 Å². The summed E-state index contributed by atoms with van der Waals surface area (Å²) in [7, 11) is 0. The number of nitrogens with zero attached hydrogens (tertiary/aromatic N) is 2. The first kappa shape index (κ1) is 5.26. The molecule has 0 aliphatic carbocycles. The fourth-order valence-corrected chi connectivity index (χ4v) is 0.934. The highest BCUT2D eigenvalue weighted by Crippen LogP contribution is 2.04. The SMILES string of the molecule is N#CCc1cncs1. The lowest BCUT2D eigenvalue weighted by Gasteiger charge is -1.74. The van der Waals surface area contributed by atoms with Gasteiger partial charge in [-0.15, -0.1) is 11.3 Å². The van der Waals surface area contributed by atoms with Crippen LogP contribution in [0.5, 0.6) is 0 Å². The molecule has 0 spiro atoms. The molecule has 1 rings (SSSR count). The van der Waals surface area contributed by atoms with Crippen molar-refractivity contribution in [3.05, 3.63) is 16.6 Å². The summed E-state index contributed by atoms with van der Waals surface area (Å²) in [5.74, 6) is 0. The Morgan fingerprint density at radius 1 is 1.88 bits per heavy atom. The maximum absolute atomic E-state index is 8.17. The predicted octanol–water partition coefficient (Wildman–Crippen LogP) is 1.21. The van der Waals surface area contributed by atoms with Crippen molar-refractivity contribution in [1.29, 1.82) is 5.26 Å². The van der Waals surface area contributed by atoms with Gasteiger partial charge in [-0.25, -0.2) is 0 Å². The van der Waals surface area contributed by atoms with E-state index in [1.807, 2.05) is 6.07 Å². The minimum absolute atomic E-state index is 0.491. The van der Waals surface area contributed by atoms with Gasteiger partial charge in [0.05, 0.1) is 18.0 Å². The van der Waals surface area contributed by atoms with Gasteiger partial charge in [-0.3, -0.25) is 4.98 Å². The van der Waals surface area contributed by atoms with Crippen LogP contribution in [-0.2, 0) is 6.42 Å². The summed E-state index contributed by atoms with van der Waals surface area (Å²) in [6.45, 7) is 0. The topological polar surface area (TPSA) is 36.7 Å². The Morgan fingerprint density at radius 2 is 2.75 bits per heavy atom. The summed E-state index contributed by atoms with van der Waals surface area (Å²) in [4.78, 5) is 4.84. The van der Waals surface area contributed by atoms with Crippen molar-refractivity contribution in [3.8, 4) is 6.07 Å². The normalized spacial score (nSPS) is 8.38. The molecule has 3 heteroatoms. The molecular formula is C5H4N2S. The highest BCUT2D eigenvalue weighted by Gasteiger charge is 1.88. The summed E-state index contributed by atoms with van der Waals surface area (Å²) in [5, 5.41) is 8.17. The lowest BCUT2D eigenvalue weighted by Crippen LogP contribution is -1.68. The minimum atomic E-state index is 0.491. The Morgan fingerprint density at radius 3 is 3.25 bits per heavy atom. The summed E-state index contributed by atoms with van der Waals surface area (Å²) < 4.78 is 0. The van der Waals surface area contributed by atoms with Crippen molar-refractivity contribution in [2.24, 2.45) is 0 Å². The second-order valence-corrected chi connectivity index (χ2v) is 2.27. The van der Waals surface area contributed by atoms with Crippen molar-refractivity contribution in [2.45, 2.75) is 6.42 Å². The molecular weight excluding hydrogens is 120 g/mol. The van der Waals surface area contributed by atoms with E-state index >= 15 is 0 Å². The van der Waals surface area contributed by atoms with Gasteiger partial charge >= 0.3 is 0 Å². The van der Waals surface area contributed by atoms with E-state index < -0.39 is 0 Å². The van der Waals surface area contributed by atoms with Crippen molar-refractivity contribution in [2.75, 3.05) is 0 Å². The molecule has 0 aliphatic rings. The van der Waals surface area contributed by atoms with Gasteiger partial charge in [-0.2, -0.15) is 5.26 Å². The van der Waals surface area contributed by atoms with Crippen LogP contribution in [0, 0.1) is 11.3 Å². The molecule has 8 heavy (non-hydrogen) atoms. The van der Waals surface area contributed by atoms with Gasteiger partial charge in [0, 0.05) is 11.1 Å². The number of aromatic nitrogens is 1. The highest BCUT2D eigenvalue weighted by molar-refractivity contribution is 7.09. The standard InChI is InChI=1S/C5H4N2S/c6-2-1-5-3-7-4-8-5/h3-4H,1H2. The first-order valence-electron chi connectivity index (χ1n) is 2.18. The molecule has 0 fully saturated rings. The van der Waals surface area contributed by atoms with Gasteiger partial charge in [0.15, 0.2) is 0 Å². The van der Waals surface area contributed by atoms with E-state index in [4.69, 9.17) is 5.26 Å². The summed E-state index contributed by atoms with van der Waals surface area (Å²) >= 11 is 1.51. The molecule has 0 unspecified atom stereocenters. The Labute approximate surface area is 51.4 Å². The van der Waals surface area contributed by atoms with Crippen molar-refractivity contribution in [3.63, 3.8) is 0 Å². The van der Waals surface area contributed by atoms with E-state index in [1.165, 1.54) is 11.3 Å². The average Bonchev–Trinajstić information content (AvgIpc) is 2.19. The van der Waals surface area contributed by atoms with E-state index in [0.29, 0.717) is 6.42 Å². The zero-order chi connectivity index (χ0) is 5.82. The fraction of sp³-hybridized carbons (Fsp3) is 0.200. The molecule has 0 saturated heterocycles. The van der Waals surface area contributed by atoms with Crippen LogP contribution in [0.4, 0.5) is 0 Å². The van der Waals surface area contributed by atoms with E-state index in [9.17, 15) is 0 Å². The van der Waals surface area contributed by atoms with E-state index in [0.717, 1.165) is 4.88 Å². The highest BCUT2D eigenvalue weighted by atomic mass is 32.1. The van der Waals surface area contributed by atoms with Gasteiger partial charge in [0.25, 0.3) is 0 Å². The quantitative estimate of drug-likeness (QED) is 0.564. The van der Waals surface area contributed by atoms with Gasteiger partial charge in [-0.1, -0.05) is 0 Å². The Balaban J connectivity index is 2.67. The molecule has 0 radical (unpaired) electrons. The maximum Gasteiger partial charge on any atom is 0.0794 e. The molecule has 0 amide bonds. The van der Waals surface area contributed by atoms with Crippen LogP contribution in [0.15, 0.2) is 11.7 Å². The Hall–Kier alpha value is -0.880. The summed E-state index contributed by atoms with van der Waals surface area (Å²) in [6.07, 6.45) is 2.21. The third-order valence-electron chi connectivity index (χ3n) is 0.737. The van der Waals surface area contributed by atoms with Crippen LogP contribution in [0.25, 0.3) is 0 Å². The molecule has 0 aliphatic heterocycles. The second kappa shape index (κ2) is 2.43. The predicted molar refractivity (Wildman–Crippen MR) is 31.4 cm³/mol. The summed E-state index contributed by atoms with van der Waals surface area (Å²) in [6, 6.07) is 2.04. The Kier molecular flexibility index (Phi) is 1.60. The zero-order valence-electron chi connectivity index (χ0n) is 4.16. The average molecular weight is 124 g/mol. The van der Waals surface area contributed by atoms with Crippen molar-refractivity contribution < 1.29 is 0 Å². The molecule has 1 aromatic heterocycles. The number of rotatable bonds is 1. The maximum atomic E-state index is 8.17. The third-order valence-corrected chi connectivity index (χ3v) is 1.52. The second-order valence-electron chi connectivity index (χ2n) is 1.30. The zero-order valence-corrected chi connectivity index (χ0v) is 4.98. The number of hydrogen-bond donors (Lipinski definition) is 0. The van der Waals surface area contributed by atoms with E-state index in [1.54, 1.807) is 11.7 Å². The smallest absolute Gasteiger partial charge is 0.0794 e. The van der Waals surface area contributed by atoms with Gasteiger partial charge < -0.3 is 0 Å². The number of nitriles is 1. The lowest BCUT2D eigenvalue weighted by molar-refractivity contribution is 1.28. The number of thiazole rings is 1. The monoisotopic (exact) mass is 124 g/mol. The minimum Gasteiger partial charge on any atom is -0.253 e. The summed E-state index contributed by atoms with van der Waals surface area (Å²) in [5.41, 5.74) is 1.73. The first-order chi connectivity index (χ1) is 3.93. The van der Waals surface area contributed by atoms with E-state index in [-0.39, 0.29) is 0 Å².